The van der Waals surface area contributed by atoms with Gasteiger partial charge >= 0.3 is 11.4 Å². The molecule has 0 saturated carbocycles. The van der Waals surface area contributed by atoms with Gasteiger partial charge in [0.2, 0.25) is 0 Å². The van der Waals surface area contributed by atoms with Gasteiger partial charge in [0.15, 0.2) is 0 Å². The summed E-state index contributed by atoms with van der Waals surface area (Å²) in [6.07, 6.45) is 0. The van der Waals surface area contributed by atoms with Crippen LogP contribution in [0, 0.1) is 58.3 Å². The first kappa shape index (κ1) is 44.0. The molecule has 57 heavy (non-hydrogen) atoms. The molecule has 5 aromatic carbocycles. The van der Waals surface area contributed by atoms with Crippen molar-refractivity contribution >= 4 is 75.1 Å². The van der Waals surface area contributed by atoms with Crippen molar-refractivity contribution in [3.05, 3.63) is 179 Å². The molecule has 5 rings (SSSR count). The number of halogens is 4. The number of hydrogen-bond donors (Lipinski definition) is 0. The minimum absolute atomic E-state index is 0.000946. The van der Waals surface area contributed by atoms with Gasteiger partial charge in [-0.2, -0.15) is 9.58 Å². The van der Waals surface area contributed by atoms with Crippen LogP contribution in [-0.2, 0) is 10.8 Å². The molecule has 8 heteroatoms. The van der Waals surface area contributed by atoms with Crippen LogP contribution in [0.1, 0.15) is 125 Å². The van der Waals surface area contributed by atoms with Crippen molar-refractivity contribution in [2.45, 2.75) is 87.0 Å². The lowest BCUT2D eigenvalue weighted by molar-refractivity contribution is -0.00343. The van der Waals surface area contributed by atoms with Crippen molar-refractivity contribution < 1.29 is 9.58 Å². The second kappa shape index (κ2) is 17.4. The lowest BCUT2D eigenvalue weighted by Gasteiger charge is -2.21. The van der Waals surface area contributed by atoms with Crippen LogP contribution >= 0.6 is 63.7 Å². The van der Waals surface area contributed by atoms with Gasteiger partial charge in [0.1, 0.15) is 0 Å². The third kappa shape index (κ3) is 9.96. The van der Waals surface area contributed by atoms with Crippen molar-refractivity contribution in [3.8, 4) is 23.7 Å². The molecule has 0 radical (unpaired) electrons. The zero-order valence-corrected chi connectivity index (χ0v) is 40.5. The highest BCUT2D eigenvalue weighted by Gasteiger charge is 2.29. The van der Waals surface area contributed by atoms with E-state index in [1.807, 2.05) is 49.4 Å². The maximum atomic E-state index is 10.3. The average molecular weight is 1010 g/mol. The number of benzene rings is 5. The second-order valence-corrected chi connectivity index (χ2v) is 20.0. The van der Waals surface area contributed by atoms with Gasteiger partial charge < -0.3 is 11.1 Å². The molecule has 0 bridgehead atoms. The fourth-order valence-electron chi connectivity index (χ4n) is 6.95. The summed E-state index contributed by atoms with van der Waals surface area (Å²) >= 11 is 15.0. The van der Waals surface area contributed by atoms with Crippen LogP contribution in [0.3, 0.4) is 0 Å². The Morgan fingerprint density at radius 1 is 0.421 bits per heavy atom. The molecule has 0 atom stereocenters. The maximum Gasteiger partial charge on any atom is 0.332 e. The summed E-state index contributed by atoms with van der Waals surface area (Å²) in [4.78, 5) is 7.57. The Kier molecular flexibility index (Phi) is 13.4. The third-order valence-corrected chi connectivity index (χ3v) is 12.3. The average Bonchev–Trinajstić information content (AvgIpc) is 3.09. The first-order valence-corrected chi connectivity index (χ1v) is 21.6. The summed E-state index contributed by atoms with van der Waals surface area (Å²) in [5, 5.41) is 0. The summed E-state index contributed by atoms with van der Waals surface area (Å²) in [5.74, 6) is 13.2. The Morgan fingerprint density at radius 3 is 0.930 bits per heavy atom. The van der Waals surface area contributed by atoms with E-state index < -0.39 is 0 Å². The van der Waals surface area contributed by atoms with Crippen LogP contribution in [-0.4, -0.2) is 21.0 Å². The number of rotatable bonds is 4. The van der Waals surface area contributed by atoms with Gasteiger partial charge in [-0.15, -0.1) is 0 Å². The molecule has 0 aliphatic heterocycles. The van der Waals surface area contributed by atoms with E-state index >= 15 is 0 Å². The fraction of sp³-hybridized carbons (Fsp3) is 0.265. The van der Waals surface area contributed by atoms with E-state index in [1.54, 1.807) is 0 Å². The highest BCUT2D eigenvalue weighted by atomic mass is 79.9. The predicted octanol–water partition coefficient (Wildman–Crippen LogP) is 13.8. The van der Waals surface area contributed by atoms with Crippen molar-refractivity contribution in [1.82, 2.24) is 0 Å². The number of aryl methyl sites for hydroxylation is 5. The number of hydrogen-bond acceptors (Lipinski definition) is 0. The Balaban J connectivity index is 1.44. The van der Waals surface area contributed by atoms with Gasteiger partial charge in [-0.25, -0.2) is 0 Å². The van der Waals surface area contributed by atoms with E-state index in [2.05, 4.69) is 190 Å². The Morgan fingerprint density at radius 2 is 0.684 bits per heavy atom. The first-order chi connectivity index (χ1) is 26.6. The Hall–Kier alpha value is -4.10. The van der Waals surface area contributed by atoms with Crippen LogP contribution < -0.4 is 0 Å². The molecule has 288 valence electrons. The number of nitrogens with zero attached hydrogens (tertiary/aromatic N) is 4. The summed E-state index contributed by atoms with van der Waals surface area (Å²) in [7, 11) is 0. The smallest absolute Gasteiger partial charge is 0.332 e. The Bertz CT molecular complexity index is 2430. The van der Waals surface area contributed by atoms with Crippen molar-refractivity contribution in [2.75, 3.05) is 0 Å². The molecular formula is C49H44Br4N4. The summed E-state index contributed by atoms with van der Waals surface area (Å²) < 4.78 is 3.03. The highest BCUT2D eigenvalue weighted by molar-refractivity contribution is 9.11. The van der Waals surface area contributed by atoms with Gasteiger partial charge in [-0.3, -0.25) is 0 Å². The largest absolute Gasteiger partial charge is 0.361 e. The molecule has 0 aromatic heterocycles. The molecule has 0 spiro atoms. The van der Waals surface area contributed by atoms with Crippen LogP contribution in [0.5, 0.6) is 0 Å². The molecule has 0 heterocycles. The van der Waals surface area contributed by atoms with E-state index in [4.69, 9.17) is 0 Å². The van der Waals surface area contributed by atoms with Crippen LogP contribution in [0.15, 0.2) is 84.6 Å². The quantitative estimate of drug-likeness (QED) is 0.0745. The lowest BCUT2D eigenvalue weighted by atomic mass is 9.82. The third-order valence-electron chi connectivity index (χ3n) is 9.81. The van der Waals surface area contributed by atoms with Crippen molar-refractivity contribution in [2.24, 2.45) is 0 Å². The zero-order valence-electron chi connectivity index (χ0n) is 34.2. The highest BCUT2D eigenvalue weighted by Crippen LogP contribution is 2.35. The lowest BCUT2D eigenvalue weighted by Crippen LogP contribution is -2.16. The predicted molar refractivity (Wildman–Crippen MR) is 250 cm³/mol. The van der Waals surface area contributed by atoms with Crippen LogP contribution in [0.4, 0.5) is 0 Å². The standard InChI is InChI=1S/C49H44Br4N4/c1-27-16-32(12-14-34-23-38(50)44(39(51)24-34)46(56-54)42-28(2)18-36(19-29(42)3)48(6,7)8)22-33(17-27)13-15-35-25-40(52)45(41(53)26-35)47(57-55)43-30(4)20-37(21-31(43)5)49(9,10)11/h16-26H,1-11H3. The van der Waals surface area contributed by atoms with E-state index in [-0.39, 0.29) is 10.8 Å². The molecule has 0 saturated heterocycles. The van der Waals surface area contributed by atoms with E-state index in [0.717, 1.165) is 90.2 Å². The molecule has 0 aliphatic carbocycles. The van der Waals surface area contributed by atoms with Crippen molar-refractivity contribution in [3.63, 3.8) is 0 Å². The van der Waals surface area contributed by atoms with Gasteiger partial charge in [0.05, 0.1) is 22.3 Å². The van der Waals surface area contributed by atoms with E-state index in [9.17, 15) is 11.1 Å². The monoisotopic (exact) mass is 1000 g/mol. The first-order valence-electron chi connectivity index (χ1n) is 18.5. The van der Waals surface area contributed by atoms with Gasteiger partial charge in [-0.1, -0.05) is 89.5 Å². The van der Waals surface area contributed by atoms with E-state index in [0.29, 0.717) is 11.4 Å². The molecule has 0 fully saturated rings. The van der Waals surface area contributed by atoms with Crippen molar-refractivity contribution in [1.29, 1.82) is 0 Å². The minimum atomic E-state index is -0.000946. The molecule has 4 nitrogen and oxygen atoms in total. The fourth-order valence-corrected chi connectivity index (χ4v) is 10.1. The van der Waals surface area contributed by atoms with Crippen LogP contribution in [0.2, 0.25) is 0 Å². The molecule has 0 aliphatic rings. The molecule has 0 unspecified atom stereocenters. The molecule has 0 amide bonds. The Labute approximate surface area is 371 Å². The zero-order chi connectivity index (χ0) is 42.1. The summed E-state index contributed by atoms with van der Waals surface area (Å²) in [6.45, 7) is 23.4. The van der Waals surface area contributed by atoms with Gasteiger partial charge in [0, 0.05) is 40.1 Å². The second-order valence-electron chi connectivity index (χ2n) is 16.6. The SMILES string of the molecule is Cc1cc(C#Cc2cc(Br)c(C(=[N+]=[N-])c3c(C)cc(C(C)(C)C)cc3C)c(Br)c2)cc(C#Cc2cc(Br)c(C(=[N+]=[N-])c3c(C)cc(C(C)(C)C)cc3C)c(Br)c2)c1. The molecular weight excluding hydrogens is 964 g/mol. The van der Waals surface area contributed by atoms with Crippen LogP contribution in [0.25, 0.3) is 11.1 Å². The normalized spacial score (nSPS) is 11.1. The van der Waals surface area contributed by atoms with E-state index in [1.165, 1.54) is 11.1 Å². The summed E-state index contributed by atoms with van der Waals surface area (Å²) in [6, 6.07) is 22.5. The molecule has 0 N–H and O–H groups in total. The topological polar surface area (TPSA) is 72.8 Å². The van der Waals surface area contributed by atoms with Gasteiger partial charge in [0.25, 0.3) is 0 Å². The minimum Gasteiger partial charge on any atom is -0.361 e. The maximum absolute atomic E-state index is 10.3. The van der Waals surface area contributed by atoms with Gasteiger partial charge in [-0.05, 0) is 191 Å². The summed E-state index contributed by atoms with van der Waals surface area (Å²) in [5.41, 5.74) is 35.8. The molecule has 5 aromatic rings.